The molecule has 0 amide bonds. The van der Waals surface area contributed by atoms with Crippen LogP contribution in [0, 0.1) is 0 Å². The summed E-state index contributed by atoms with van der Waals surface area (Å²) in [7, 11) is 1.40. The van der Waals surface area contributed by atoms with E-state index in [0.29, 0.717) is 12.8 Å². The van der Waals surface area contributed by atoms with Crippen LogP contribution in [0.5, 0.6) is 0 Å². The lowest BCUT2D eigenvalue weighted by Crippen LogP contribution is -2.01. The van der Waals surface area contributed by atoms with Crippen molar-refractivity contribution in [3.05, 3.63) is 28.8 Å². The van der Waals surface area contributed by atoms with Gasteiger partial charge in [-0.15, -0.1) is 11.3 Å². The number of methoxy groups -OCH3 is 1. The molecule has 2 aromatic heterocycles. The zero-order valence-electron chi connectivity index (χ0n) is 8.90. The fourth-order valence-electron chi connectivity index (χ4n) is 1.35. The van der Waals surface area contributed by atoms with Crippen molar-refractivity contribution >= 4 is 17.3 Å². The highest BCUT2D eigenvalue weighted by Crippen LogP contribution is 2.21. The third kappa shape index (κ3) is 2.49. The highest BCUT2D eigenvalue weighted by molar-refractivity contribution is 7.09. The summed E-state index contributed by atoms with van der Waals surface area (Å²) in [6.07, 6.45) is 4.79. The average Bonchev–Trinajstić information content (AvgIpc) is 2.95. The van der Waals surface area contributed by atoms with Crippen LogP contribution in [0.3, 0.4) is 0 Å². The number of aryl methyl sites for hydroxylation is 1. The topological polar surface area (TPSA) is 55.0 Å². The smallest absolute Gasteiger partial charge is 0.305 e. The molecule has 0 aromatic carbocycles. The monoisotopic (exact) mass is 236 g/mol. The Balaban J connectivity index is 2.00. The minimum absolute atomic E-state index is 0.196. The first-order chi connectivity index (χ1) is 7.79. The summed E-state index contributed by atoms with van der Waals surface area (Å²) in [6, 6.07) is 1.97. The number of aromatic nitrogens is 2. The number of nitrogens with zero attached hydrogens (tertiary/aromatic N) is 1. The van der Waals surface area contributed by atoms with Gasteiger partial charge in [0.1, 0.15) is 0 Å². The summed E-state index contributed by atoms with van der Waals surface area (Å²) >= 11 is 1.57. The minimum atomic E-state index is -0.196. The zero-order valence-corrected chi connectivity index (χ0v) is 9.71. The largest absolute Gasteiger partial charge is 0.469 e. The maximum Gasteiger partial charge on any atom is 0.305 e. The molecule has 0 bridgehead atoms. The van der Waals surface area contributed by atoms with Crippen LogP contribution >= 0.6 is 11.3 Å². The van der Waals surface area contributed by atoms with E-state index in [-0.39, 0.29) is 5.97 Å². The molecule has 0 aliphatic carbocycles. The molecule has 2 aromatic rings. The number of hydrogen-bond donors (Lipinski definition) is 1. The number of nitrogens with one attached hydrogen (secondary N) is 1. The third-order valence-electron chi connectivity index (χ3n) is 2.22. The van der Waals surface area contributed by atoms with Crippen molar-refractivity contribution in [2.45, 2.75) is 12.8 Å². The lowest BCUT2D eigenvalue weighted by atomic mass is 10.3. The molecule has 0 unspecified atom stereocenters. The van der Waals surface area contributed by atoms with Crippen molar-refractivity contribution in [2.24, 2.45) is 0 Å². The van der Waals surface area contributed by atoms with E-state index in [9.17, 15) is 4.79 Å². The number of H-pyrrole nitrogens is 1. The molecule has 5 heteroatoms. The Morgan fingerprint density at radius 3 is 3.19 bits per heavy atom. The molecule has 4 nitrogen and oxygen atoms in total. The summed E-state index contributed by atoms with van der Waals surface area (Å²) in [5.74, 6) is -0.196. The van der Waals surface area contributed by atoms with Gasteiger partial charge in [-0.1, -0.05) is 0 Å². The number of ether oxygens (including phenoxy) is 1. The Bertz CT molecular complexity index is 462. The van der Waals surface area contributed by atoms with Gasteiger partial charge in [0.15, 0.2) is 0 Å². The van der Waals surface area contributed by atoms with E-state index in [1.54, 1.807) is 11.3 Å². The predicted octanol–water partition coefficient (Wildman–Crippen LogP) is 2.24. The van der Waals surface area contributed by atoms with Crippen LogP contribution < -0.4 is 0 Å². The van der Waals surface area contributed by atoms with E-state index in [2.05, 4.69) is 14.7 Å². The Labute approximate surface area is 97.3 Å². The van der Waals surface area contributed by atoms with Crippen molar-refractivity contribution < 1.29 is 9.53 Å². The van der Waals surface area contributed by atoms with Crippen LogP contribution in [0.1, 0.15) is 11.4 Å². The summed E-state index contributed by atoms with van der Waals surface area (Å²) in [6.45, 7) is 0. The van der Waals surface area contributed by atoms with Gasteiger partial charge in [-0.2, -0.15) is 0 Å². The molecule has 1 N–H and O–H groups in total. The number of rotatable bonds is 4. The number of carbonyl (C=O) groups is 1. The van der Waals surface area contributed by atoms with Crippen LogP contribution in [-0.2, 0) is 16.0 Å². The number of carbonyl (C=O) groups excluding carboxylic acids is 1. The van der Waals surface area contributed by atoms with Gasteiger partial charge >= 0.3 is 5.97 Å². The van der Waals surface area contributed by atoms with Crippen molar-refractivity contribution in [1.82, 2.24) is 9.97 Å². The molecule has 0 spiro atoms. The highest BCUT2D eigenvalue weighted by Gasteiger charge is 2.07. The zero-order chi connectivity index (χ0) is 11.4. The van der Waals surface area contributed by atoms with Crippen molar-refractivity contribution in [3.8, 4) is 11.3 Å². The molecule has 0 saturated heterocycles. The van der Waals surface area contributed by atoms with Crippen LogP contribution in [0.2, 0.25) is 0 Å². The number of aromatic amines is 1. The van der Waals surface area contributed by atoms with Crippen molar-refractivity contribution in [1.29, 1.82) is 0 Å². The first-order valence-corrected chi connectivity index (χ1v) is 5.82. The van der Waals surface area contributed by atoms with E-state index < -0.39 is 0 Å². The summed E-state index contributed by atoms with van der Waals surface area (Å²) in [5, 5.41) is 2.96. The van der Waals surface area contributed by atoms with E-state index in [1.165, 1.54) is 7.11 Å². The van der Waals surface area contributed by atoms with Gasteiger partial charge < -0.3 is 9.72 Å². The van der Waals surface area contributed by atoms with Crippen LogP contribution in [-0.4, -0.2) is 23.0 Å². The Kier molecular flexibility index (Phi) is 3.36. The second-order valence-corrected chi connectivity index (χ2v) is 4.24. The SMILES string of the molecule is COC(=O)CCc1nc(-c2cc[nH]c2)cs1. The molecule has 2 rings (SSSR count). The van der Waals surface area contributed by atoms with Gasteiger partial charge in [0.2, 0.25) is 0 Å². The van der Waals surface area contributed by atoms with Crippen LogP contribution in [0.25, 0.3) is 11.3 Å². The maximum absolute atomic E-state index is 11.0. The fourth-order valence-corrected chi connectivity index (χ4v) is 2.16. The molecule has 0 aliphatic rings. The van der Waals surface area contributed by atoms with E-state index in [0.717, 1.165) is 16.3 Å². The van der Waals surface area contributed by atoms with Gasteiger partial charge in [0, 0.05) is 29.8 Å². The predicted molar refractivity (Wildman–Crippen MR) is 62.2 cm³/mol. The molecule has 0 saturated carbocycles. The first-order valence-electron chi connectivity index (χ1n) is 4.94. The van der Waals surface area contributed by atoms with Crippen molar-refractivity contribution in [3.63, 3.8) is 0 Å². The van der Waals surface area contributed by atoms with E-state index in [4.69, 9.17) is 0 Å². The highest BCUT2D eigenvalue weighted by atomic mass is 32.1. The fraction of sp³-hybridized carbons (Fsp3) is 0.273. The molecular weight excluding hydrogens is 224 g/mol. The molecule has 84 valence electrons. The van der Waals surface area contributed by atoms with Crippen LogP contribution in [0.4, 0.5) is 0 Å². The maximum atomic E-state index is 11.0. The average molecular weight is 236 g/mol. The van der Waals surface area contributed by atoms with Gasteiger partial charge in [-0.05, 0) is 6.07 Å². The summed E-state index contributed by atoms with van der Waals surface area (Å²) in [4.78, 5) is 18.4. The number of esters is 1. The molecule has 0 radical (unpaired) electrons. The lowest BCUT2D eigenvalue weighted by molar-refractivity contribution is -0.140. The molecule has 16 heavy (non-hydrogen) atoms. The van der Waals surface area contributed by atoms with Gasteiger partial charge in [-0.25, -0.2) is 4.98 Å². The molecule has 0 fully saturated rings. The van der Waals surface area contributed by atoms with Gasteiger partial charge in [-0.3, -0.25) is 4.79 Å². The lowest BCUT2D eigenvalue weighted by Gasteiger charge is -1.95. The standard InChI is InChI=1S/C11H12N2O2S/c1-15-11(14)3-2-10-13-9(7-16-10)8-4-5-12-6-8/h4-7,12H,2-3H2,1H3. The Morgan fingerprint density at radius 2 is 2.50 bits per heavy atom. The second-order valence-electron chi connectivity index (χ2n) is 3.30. The molecular formula is C11H12N2O2S. The molecule has 2 heterocycles. The van der Waals surface area contributed by atoms with Crippen LogP contribution in [0.15, 0.2) is 23.8 Å². The summed E-state index contributed by atoms with van der Waals surface area (Å²) in [5.41, 5.74) is 2.02. The Hall–Kier alpha value is -1.62. The number of hydrogen-bond acceptors (Lipinski definition) is 4. The van der Waals surface area contributed by atoms with E-state index in [1.807, 2.05) is 23.8 Å². The van der Waals surface area contributed by atoms with Gasteiger partial charge in [0.05, 0.1) is 24.2 Å². The normalized spacial score (nSPS) is 10.3. The third-order valence-corrected chi connectivity index (χ3v) is 3.12. The molecule has 0 atom stereocenters. The van der Waals surface area contributed by atoms with Crippen molar-refractivity contribution in [2.75, 3.05) is 7.11 Å². The molecule has 0 aliphatic heterocycles. The quantitative estimate of drug-likeness (QED) is 0.828. The van der Waals surface area contributed by atoms with Gasteiger partial charge in [0.25, 0.3) is 0 Å². The second kappa shape index (κ2) is 4.94. The first kappa shape index (κ1) is 10.9. The minimum Gasteiger partial charge on any atom is -0.469 e. The number of thiazole rings is 1. The Morgan fingerprint density at radius 1 is 1.62 bits per heavy atom. The summed E-state index contributed by atoms with van der Waals surface area (Å²) < 4.78 is 4.58. The van der Waals surface area contributed by atoms with E-state index >= 15 is 0 Å².